The first-order valence-electron chi connectivity index (χ1n) is 10.1. The van der Waals surface area contributed by atoms with Crippen molar-refractivity contribution in [3.05, 3.63) is 0 Å². The molecule has 0 radical (unpaired) electrons. The van der Waals surface area contributed by atoms with Crippen LogP contribution in [-0.2, 0) is 0 Å². The van der Waals surface area contributed by atoms with Gasteiger partial charge in [-0.2, -0.15) is 0 Å². The fourth-order valence-electron chi connectivity index (χ4n) is 4.84. The van der Waals surface area contributed by atoms with E-state index in [-0.39, 0.29) is 0 Å². The zero-order valence-electron chi connectivity index (χ0n) is 20.2. The molecule has 0 bridgehead atoms. The maximum atomic E-state index is 2.60. The average Bonchev–Trinajstić information content (AvgIpc) is 2.27. The molecule has 2 nitrogen and oxygen atoms in total. The van der Waals surface area contributed by atoms with E-state index in [1.165, 1.54) is 10.8 Å². The van der Waals surface area contributed by atoms with E-state index in [9.17, 15) is 0 Å². The van der Waals surface area contributed by atoms with E-state index < -0.39 is 28.3 Å². The van der Waals surface area contributed by atoms with Crippen LogP contribution in [0.5, 0.6) is 0 Å². The molecule has 0 aliphatic rings. The van der Waals surface area contributed by atoms with Crippen molar-refractivity contribution in [1.82, 2.24) is 9.80 Å². The summed E-state index contributed by atoms with van der Waals surface area (Å²) in [6.07, 6.45) is 0. The van der Waals surface area contributed by atoms with Crippen LogP contribution >= 0.6 is 0 Å². The van der Waals surface area contributed by atoms with Crippen LogP contribution in [0.25, 0.3) is 0 Å². The Morgan fingerprint density at radius 2 is 0.680 bits per heavy atom. The largest absolute Gasteiger partial charge is 0.307 e. The molecular formula is C21H48Al2N2. The number of rotatable bonds is 6. The van der Waals surface area contributed by atoms with Crippen LogP contribution in [-0.4, -0.2) is 69.7 Å². The number of nitrogens with zero attached hydrogens (tertiary/aromatic N) is 2. The van der Waals surface area contributed by atoms with Crippen LogP contribution in [0.15, 0.2) is 0 Å². The lowest BCUT2D eigenvalue weighted by atomic mass is 10.2. The minimum absolute atomic E-state index is 0.471. The average molecular weight is 383 g/mol. The van der Waals surface area contributed by atoms with Gasteiger partial charge >= 0.3 is 0 Å². The summed E-state index contributed by atoms with van der Waals surface area (Å²) < 4.78 is 1.89. The highest BCUT2D eigenvalue weighted by Gasteiger charge is 2.43. The highest BCUT2D eigenvalue weighted by atomic mass is 27.2. The Morgan fingerprint density at radius 1 is 0.480 bits per heavy atom. The van der Waals surface area contributed by atoms with Crippen molar-refractivity contribution >= 4 is 28.3 Å². The quantitative estimate of drug-likeness (QED) is 0.406. The van der Waals surface area contributed by atoms with Gasteiger partial charge in [-0.05, 0) is 24.9 Å². The van der Waals surface area contributed by atoms with Gasteiger partial charge in [0.2, 0.25) is 0 Å². The van der Waals surface area contributed by atoms with Gasteiger partial charge in [-0.15, -0.1) is 0 Å². The first kappa shape index (κ1) is 26.0. The predicted molar refractivity (Wildman–Crippen MR) is 120 cm³/mol. The second kappa shape index (κ2) is 8.99. The van der Waals surface area contributed by atoms with Crippen LogP contribution in [0, 0.1) is 0 Å². The van der Waals surface area contributed by atoms with E-state index in [4.69, 9.17) is 0 Å². The molecule has 0 aliphatic heterocycles. The number of hydrogen-bond acceptors (Lipinski definition) is 2. The summed E-state index contributed by atoms with van der Waals surface area (Å²) in [5.74, 6) is 0. The van der Waals surface area contributed by atoms with Gasteiger partial charge in [0.15, 0.2) is 0 Å². The molecule has 0 saturated carbocycles. The minimum Gasteiger partial charge on any atom is -0.307 e. The fourth-order valence-corrected chi connectivity index (χ4v) is 13.7. The van der Waals surface area contributed by atoms with E-state index in [2.05, 4.69) is 107 Å². The van der Waals surface area contributed by atoms with Crippen molar-refractivity contribution in [2.24, 2.45) is 0 Å². The van der Waals surface area contributed by atoms with Gasteiger partial charge in [0, 0.05) is 6.67 Å². The summed E-state index contributed by atoms with van der Waals surface area (Å²) in [7, 11) is 4.66. The molecule has 0 N–H and O–H groups in total. The van der Waals surface area contributed by atoms with Crippen LogP contribution < -0.4 is 0 Å². The Morgan fingerprint density at radius 3 is 0.840 bits per heavy atom. The normalized spacial score (nSPS) is 14.4. The van der Waals surface area contributed by atoms with E-state index >= 15 is 0 Å². The molecule has 0 amide bonds. The SMILES string of the molecule is CN(CN(C)[CH2][Al]([C](C)(C)C)[C](C)(C)C)[CH2][Al]([C](C)(C)C)[C](C)(C)C. The third-order valence-electron chi connectivity index (χ3n) is 5.65. The molecule has 0 fully saturated rings. The molecule has 0 heterocycles. The van der Waals surface area contributed by atoms with Gasteiger partial charge in [-0.1, -0.05) is 100 Å². The topological polar surface area (TPSA) is 6.48 Å². The third-order valence-corrected chi connectivity index (χ3v) is 16.0. The zero-order valence-corrected chi connectivity index (χ0v) is 22.5. The standard InChI is InChI=1S/C5H12N2.4C4H9.2Al/c1-6(2)5-7(3)4;4*1-4(2)3;;/h1,3,5H2,2,4H3;4*1-3H3;;. The van der Waals surface area contributed by atoms with Crippen LogP contribution in [0.2, 0.25) is 17.1 Å². The van der Waals surface area contributed by atoms with Crippen molar-refractivity contribution in [2.75, 3.05) is 31.6 Å². The molecule has 0 unspecified atom stereocenters. The summed E-state index contributed by atoms with van der Waals surface area (Å²) in [5, 5.41) is 2.60. The number of hydrogen-bond donors (Lipinski definition) is 0. The highest BCUT2D eigenvalue weighted by Crippen LogP contribution is 2.43. The molecule has 0 aromatic carbocycles. The molecule has 0 rings (SSSR count). The van der Waals surface area contributed by atoms with Crippen LogP contribution in [0.1, 0.15) is 83.1 Å². The second-order valence-electron chi connectivity index (χ2n) is 12.8. The molecule has 148 valence electrons. The maximum absolute atomic E-state index is 2.60. The van der Waals surface area contributed by atoms with E-state index in [0.29, 0.717) is 17.1 Å². The third kappa shape index (κ3) is 9.65. The molecule has 0 atom stereocenters. The minimum atomic E-state index is -0.919. The molecule has 0 aromatic rings. The summed E-state index contributed by atoms with van der Waals surface area (Å²) in [4.78, 5) is 5.20. The summed E-state index contributed by atoms with van der Waals surface area (Å²) >= 11 is -1.84. The summed E-state index contributed by atoms with van der Waals surface area (Å²) in [6, 6.07) is 0. The lowest BCUT2D eigenvalue weighted by Crippen LogP contribution is -2.50. The van der Waals surface area contributed by atoms with Crippen LogP contribution in [0.3, 0.4) is 0 Å². The lowest BCUT2D eigenvalue weighted by Gasteiger charge is -2.41. The molecule has 4 heteroatoms. The van der Waals surface area contributed by atoms with E-state index in [1.54, 1.807) is 0 Å². The molecule has 25 heavy (non-hydrogen) atoms. The smallest absolute Gasteiger partial charge is 0.293 e. The molecule has 0 saturated heterocycles. The second-order valence-corrected chi connectivity index (χ2v) is 22.7. The van der Waals surface area contributed by atoms with E-state index in [0.717, 1.165) is 6.67 Å². The van der Waals surface area contributed by atoms with E-state index in [1.807, 2.05) is 0 Å². The monoisotopic (exact) mass is 382 g/mol. The molecule has 0 aliphatic carbocycles. The maximum Gasteiger partial charge on any atom is 0.293 e. The fraction of sp³-hybridized carbons (Fsp3) is 1.00. The van der Waals surface area contributed by atoms with Gasteiger partial charge in [0.25, 0.3) is 28.3 Å². The van der Waals surface area contributed by atoms with Crippen LogP contribution in [0.4, 0.5) is 0 Å². The first-order chi connectivity index (χ1) is 10.8. The predicted octanol–water partition coefficient (Wildman–Crippen LogP) is 6.08. The van der Waals surface area contributed by atoms with Crippen molar-refractivity contribution in [2.45, 2.75) is 100 Å². The first-order valence-corrected chi connectivity index (χ1v) is 14.1. The molecule has 0 spiro atoms. The van der Waals surface area contributed by atoms with Crippen molar-refractivity contribution in [3.63, 3.8) is 0 Å². The highest BCUT2D eigenvalue weighted by molar-refractivity contribution is 6.65. The van der Waals surface area contributed by atoms with Gasteiger partial charge in [0.1, 0.15) is 0 Å². The van der Waals surface area contributed by atoms with Gasteiger partial charge in [-0.3, -0.25) is 0 Å². The van der Waals surface area contributed by atoms with Gasteiger partial charge < -0.3 is 9.80 Å². The molecule has 0 aromatic heterocycles. The Bertz CT molecular complexity index is 328. The molecular weight excluding hydrogens is 334 g/mol. The van der Waals surface area contributed by atoms with Gasteiger partial charge in [-0.25, -0.2) is 0 Å². The zero-order chi connectivity index (χ0) is 20.4. The van der Waals surface area contributed by atoms with Crippen molar-refractivity contribution in [1.29, 1.82) is 0 Å². The van der Waals surface area contributed by atoms with Crippen molar-refractivity contribution < 1.29 is 0 Å². The Kier molecular flexibility index (Phi) is 9.34. The Labute approximate surface area is 169 Å². The lowest BCUT2D eigenvalue weighted by molar-refractivity contribution is 0.218. The Balaban J connectivity index is 4.97. The summed E-state index contributed by atoms with van der Waals surface area (Å²) in [6.45, 7) is 30.5. The Hall–Kier alpha value is 0.985. The van der Waals surface area contributed by atoms with Crippen molar-refractivity contribution in [3.8, 4) is 0 Å². The summed E-state index contributed by atoms with van der Waals surface area (Å²) in [5.41, 5.74) is 0. The van der Waals surface area contributed by atoms with Gasteiger partial charge in [0.05, 0.1) is 0 Å².